The van der Waals surface area contributed by atoms with Crippen LogP contribution in [0.4, 0.5) is 0 Å². The van der Waals surface area contributed by atoms with E-state index in [1.165, 1.54) is 11.6 Å². The normalized spacial score (nSPS) is 17.5. The van der Waals surface area contributed by atoms with Crippen LogP contribution in [-0.2, 0) is 6.54 Å². The van der Waals surface area contributed by atoms with Gasteiger partial charge in [0.15, 0.2) is 0 Å². The fourth-order valence-electron chi connectivity index (χ4n) is 3.19. The molecule has 1 aliphatic heterocycles. The van der Waals surface area contributed by atoms with Crippen molar-refractivity contribution < 1.29 is 14.7 Å². The molecule has 0 radical (unpaired) electrons. The highest BCUT2D eigenvalue weighted by molar-refractivity contribution is 7.15. The summed E-state index contributed by atoms with van der Waals surface area (Å²) in [5.74, 6) is -0.577. The fraction of sp³-hybridized carbons (Fsp3) is 0.368. The molecule has 1 atom stereocenters. The Labute approximate surface area is 151 Å². The van der Waals surface area contributed by atoms with Crippen LogP contribution in [0.15, 0.2) is 42.5 Å². The second-order valence-electron chi connectivity index (χ2n) is 6.39. The highest BCUT2D eigenvalue weighted by atomic mass is 32.1. The van der Waals surface area contributed by atoms with Crippen molar-refractivity contribution in [1.29, 1.82) is 0 Å². The van der Waals surface area contributed by atoms with Gasteiger partial charge in [-0.1, -0.05) is 30.3 Å². The number of carbonyl (C=O) groups excluding carboxylic acids is 1. The van der Waals surface area contributed by atoms with Crippen molar-refractivity contribution >= 4 is 23.2 Å². The second kappa shape index (κ2) is 8.27. The molecule has 3 rings (SSSR count). The van der Waals surface area contributed by atoms with Gasteiger partial charge < -0.3 is 10.4 Å². The summed E-state index contributed by atoms with van der Waals surface area (Å²) in [6.07, 6.45) is 2.11. The smallest absolute Gasteiger partial charge is 0.345 e. The molecule has 2 aromatic rings. The highest BCUT2D eigenvalue weighted by Crippen LogP contribution is 2.21. The summed E-state index contributed by atoms with van der Waals surface area (Å²) in [7, 11) is 0. The average Bonchev–Trinajstić information content (AvgIpc) is 3.25. The fourth-order valence-corrected chi connectivity index (χ4v) is 3.95. The lowest BCUT2D eigenvalue weighted by Gasteiger charge is -2.16. The zero-order valence-corrected chi connectivity index (χ0v) is 14.8. The Morgan fingerprint density at radius 2 is 1.92 bits per heavy atom. The van der Waals surface area contributed by atoms with Gasteiger partial charge in [0.25, 0.3) is 5.91 Å². The van der Waals surface area contributed by atoms with Gasteiger partial charge in [-0.05, 0) is 43.0 Å². The van der Waals surface area contributed by atoms with Crippen molar-refractivity contribution in [3.05, 3.63) is 57.8 Å². The molecule has 1 fully saturated rings. The number of thiophene rings is 1. The number of carbonyl (C=O) groups is 2. The van der Waals surface area contributed by atoms with E-state index in [-0.39, 0.29) is 10.8 Å². The number of rotatable bonds is 7. The third-order valence-electron chi connectivity index (χ3n) is 4.50. The average molecular weight is 358 g/mol. The monoisotopic (exact) mass is 358 g/mol. The maximum atomic E-state index is 12.1. The van der Waals surface area contributed by atoms with Crippen LogP contribution in [0.3, 0.4) is 0 Å². The predicted octanol–water partition coefficient (Wildman–Crippen LogP) is 3.09. The first-order valence-electron chi connectivity index (χ1n) is 8.49. The van der Waals surface area contributed by atoms with E-state index in [1.54, 1.807) is 6.07 Å². The first-order chi connectivity index (χ1) is 12.1. The van der Waals surface area contributed by atoms with Crippen LogP contribution < -0.4 is 5.32 Å². The zero-order chi connectivity index (χ0) is 17.6. The number of likely N-dealkylation sites (tertiary alicyclic amines) is 1. The Hall–Kier alpha value is -2.18. The lowest BCUT2D eigenvalue weighted by Crippen LogP contribution is -2.26. The van der Waals surface area contributed by atoms with Crippen molar-refractivity contribution in [3.8, 4) is 0 Å². The lowest BCUT2D eigenvalue weighted by atomic mass is 10.1. The molecule has 1 aromatic heterocycles. The summed E-state index contributed by atoms with van der Waals surface area (Å²) in [5, 5.41) is 11.8. The molecule has 0 saturated carbocycles. The molecule has 1 unspecified atom stereocenters. The van der Waals surface area contributed by atoms with Gasteiger partial charge in [-0.25, -0.2) is 4.79 Å². The molecule has 1 aliphatic rings. The maximum absolute atomic E-state index is 12.1. The Morgan fingerprint density at radius 1 is 1.16 bits per heavy atom. The van der Waals surface area contributed by atoms with Gasteiger partial charge in [0, 0.05) is 19.6 Å². The molecule has 2 heterocycles. The van der Waals surface area contributed by atoms with Crippen LogP contribution >= 0.6 is 11.3 Å². The minimum Gasteiger partial charge on any atom is -0.477 e. The van der Waals surface area contributed by atoms with E-state index >= 15 is 0 Å². The molecule has 0 aliphatic carbocycles. The number of amides is 1. The summed E-state index contributed by atoms with van der Waals surface area (Å²) in [4.78, 5) is 26.0. The second-order valence-corrected chi connectivity index (χ2v) is 7.47. The van der Waals surface area contributed by atoms with Crippen molar-refractivity contribution in [2.24, 2.45) is 5.92 Å². The van der Waals surface area contributed by atoms with E-state index in [0.717, 1.165) is 43.8 Å². The minimum absolute atomic E-state index is 0.184. The molecular formula is C19H22N2O3S. The SMILES string of the molecule is O=C(O)c1ccc(C(=O)NCCC2CCN(Cc3ccccc3)C2)s1. The van der Waals surface area contributed by atoms with E-state index in [4.69, 9.17) is 5.11 Å². The van der Waals surface area contributed by atoms with Crippen molar-refractivity contribution in [3.63, 3.8) is 0 Å². The van der Waals surface area contributed by atoms with Gasteiger partial charge in [-0.2, -0.15) is 0 Å². The molecule has 2 N–H and O–H groups in total. The molecular weight excluding hydrogens is 336 g/mol. The Balaban J connectivity index is 1.39. The first-order valence-corrected chi connectivity index (χ1v) is 9.31. The van der Waals surface area contributed by atoms with E-state index < -0.39 is 5.97 Å². The van der Waals surface area contributed by atoms with Crippen LogP contribution in [0, 0.1) is 5.92 Å². The number of aromatic carboxylic acids is 1. The van der Waals surface area contributed by atoms with Gasteiger partial charge in [-0.3, -0.25) is 9.69 Å². The third-order valence-corrected chi connectivity index (χ3v) is 5.57. The molecule has 1 aromatic carbocycles. The van der Waals surface area contributed by atoms with Crippen molar-refractivity contribution in [2.75, 3.05) is 19.6 Å². The zero-order valence-electron chi connectivity index (χ0n) is 14.0. The van der Waals surface area contributed by atoms with E-state index in [9.17, 15) is 9.59 Å². The number of nitrogens with one attached hydrogen (secondary N) is 1. The predicted molar refractivity (Wildman–Crippen MR) is 98.1 cm³/mol. The summed E-state index contributed by atoms with van der Waals surface area (Å²) in [6.45, 7) is 3.77. The number of benzene rings is 1. The number of hydrogen-bond donors (Lipinski definition) is 2. The molecule has 0 spiro atoms. The first kappa shape index (κ1) is 17.6. The van der Waals surface area contributed by atoms with E-state index in [1.807, 2.05) is 6.07 Å². The van der Waals surface area contributed by atoms with Gasteiger partial charge in [-0.15, -0.1) is 11.3 Å². The number of carboxylic acid groups (broad SMARTS) is 1. The lowest BCUT2D eigenvalue weighted by molar-refractivity contribution is 0.0702. The summed E-state index contributed by atoms with van der Waals surface area (Å²) in [5.41, 5.74) is 1.34. The molecule has 132 valence electrons. The van der Waals surface area contributed by atoms with Gasteiger partial charge in [0.2, 0.25) is 0 Å². The molecule has 0 bridgehead atoms. The largest absolute Gasteiger partial charge is 0.477 e. The number of hydrogen-bond acceptors (Lipinski definition) is 4. The van der Waals surface area contributed by atoms with Crippen LogP contribution in [0.2, 0.25) is 0 Å². The minimum atomic E-state index is -0.992. The van der Waals surface area contributed by atoms with E-state index in [2.05, 4.69) is 34.5 Å². The Bertz CT molecular complexity index is 729. The van der Waals surface area contributed by atoms with Crippen LogP contribution in [0.5, 0.6) is 0 Å². The number of nitrogens with zero attached hydrogens (tertiary/aromatic N) is 1. The van der Waals surface area contributed by atoms with Crippen LogP contribution in [-0.4, -0.2) is 41.5 Å². The molecule has 1 saturated heterocycles. The molecule has 6 heteroatoms. The Morgan fingerprint density at radius 3 is 2.64 bits per heavy atom. The highest BCUT2D eigenvalue weighted by Gasteiger charge is 2.22. The van der Waals surface area contributed by atoms with E-state index in [0.29, 0.717) is 17.3 Å². The van der Waals surface area contributed by atoms with Crippen LogP contribution in [0.25, 0.3) is 0 Å². The topological polar surface area (TPSA) is 69.6 Å². The standard InChI is InChI=1S/C19H22N2O3S/c22-18(16-6-7-17(25-16)19(23)24)20-10-8-15-9-11-21(13-15)12-14-4-2-1-3-5-14/h1-7,15H,8-13H2,(H,20,22)(H,23,24). The molecule has 1 amide bonds. The number of carboxylic acids is 1. The molecule has 5 nitrogen and oxygen atoms in total. The summed E-state index contributed by atoms with van der Waals surface area (Å²) < 4.78 is 0. The van der Waals surface area contributed by atoms with Crippen molar-refractivity contribution in [2.45, 2.75) is 19.4 Å². The quantitative estimate of drug-likeness (QED) is 0.798. The van der Waals surface area contributed by atoms with Gasteiger partial charge in [0.05, 0.1) is 4.88 Å². The third kappa shape index (κ3) is 4.90. The maximum Gasteiger partial charge on any atom is 0.345 e. The van der Waals surface area contributed by atoms with Crippen molar-refractivity contribution in [1.82, 2.24) is 10.2 Å². The summed E-state index contributed by atoms with van der Waals surface area (Å²) >= 11 is 1.01. The van der Waals surface area contributed by atoms with Gasteiger partial charge in [0.1, 0.15) is 4.88 Å². The molecule has 25 heavy (non-hydrogen) atoms. The van der Waals surface area contributed by atoms with Gasteiger partial charge >= 0.3 is 5.97 Å². The van der Waals surface area contributed by atoms with Crippen LogP contribution in [0.1, 0.15) is 37.7 Å². The summed E-state index contributed by atoms with van der Waals surface area (Å²) in [6, 6.07) is 13.5. The Kier molecular flexibility index (Phi) is 5.83.